The molecule has 0 aliphatic heterocycles. The summed E-state index contributed by atoms with van der Waals surface area (Å²) < 4.78 is 10.5. The Morgan fingerprint density at radius 1 is 1.33 bits per heavy atom. The number of hydrogen-bond acceptors (Lipinski definition) is 3. The van der Waals surface area contributed by atoms with Crippen LogP contribution >= 0.6 is 0 Å². The molecule has 0 bridgehead atoms. The molecule has 0 heterocycles. The standard InChI is InChI=1S/C14H20O4/c1-4-5-10(8-14(15)16)12-7-6-11(17-2)9-13(12)18-3/h6-7,9-10H,4-5,8H2,1-3H3,(H,15,16). The fourth-order valence-electron chi connectivity index (χ4n) is 2.08. The molecule has 1 unspecified atom stereocenters. The summed E-state index contributed by atoms with van der Waals surface area (Å²) in [6.07, 6.45) is 1.89. The summed E-state index contributed by atoms with van der Waals surface area (Å²) in [7, 11) is 3.18. The maximum Gasteiger partial charge on any atom is 0.303 e. The van der Waals surface area contributed by atoms with Crippen molar-refractivity contribution >= 4 is 5.97 Å². The Morgan fingerprint density at radius 3 is 2.56 bits per heavy atom. The third kappa shape index (κ3) is 3.65. The van der Waals surface area contributed by atoms with Crippen molar-refractivity contribution < 1.29 is 19.4 Å². The average molecular weight is 252 g/mol. The van der Waals surface area contributed by atoms with Gasteiger partial charge in [-0.2, -0.15) is 0 Å². The minimum Gasteiger partial charge on any atom is -0.497 e. The Balaban J connectivity index is 3.05. The molecule has 1 aromatic rings. The predicted molar refractivity (Wildman–Crippen MR) is 69.4 cm³/mol. The van der Waals surface area contributed by atoms with Gasteiger partial charge in [0.1, 0.15) is 11.5 Å². The molecule has 0 radical (unpaired) electrons. The summed E-state index contributed by atoms with van der Waals surface area (Å²) in [5.41, 5.74) is 0.933. The van der Waals surface area contributed by atoms with E-state index < -0.39 is 5.97 Å². The minimum absolute atomic E-state index is 0.0200. The number of ether oxygens (including phenoxy) is 2. The van der Waals surface area contributed by atoms with Crippen molar-refractivity contribution in [3.8, 4) is 11.5 Å². The molecule has 4 heteroatoms. The highest BCUT2D eigenvalue weighted by atomic mass is 16.5. The Hall–Kier alpha value is -1.71. The molecule has 0 saturated carbocycles. The summed E-state index contributed by atoms with van der Waals surface area (Å²) in [6, 6.07) is 5.52. The lowest BCUT2D eigenvalue weighted by Crippen LogP contribution is -2.08. The van der Waals surface area contributed by atoms with Crippen LogP contribution in [0.5, 0.6) is 11.5 Å². The van der Waals surface area contributed by atoms with Gasteiger partial charge in [0.2, 0.25) is 0 Å². The molecule has 0 spiro atoms. The quantitative estimate of drug-likeness (QED) is 0.810. The molecule has 18 heavy (non-hydrogen) atoms. The van der Waals surface area contributed by atoms with Crippen molar-refractivity contribution in [2.24, 2.45) is 0 Å². The number of methoxy groups -OCH3 is 2. The molecule has 1 aromatic carbocycles. The smallest absolute Gasteiger partial charge is 0.303 e. The van der Waals surface area contributed by atoms with Crippen LogP contribution in [-0.4, -0.2) is 25.3 Å². The summed E-state index contributed by atoms with van der Waals surface area (Å²) in [5.74, 6) is 0.593. The topological polar surface area (TPSA) is 55.8 Å². The molecule has 0 saturated heterocycles. The number of carbonyl (C=O) groups is 1. The van der Waals surface area contributed by atoms with Gasteiger partial charge in [0.05, 0.1) is 20.6 Å². The van der Waals surface area contributed by atoms with Crippen molar-refractivity contribution in [3.63, 3.8) is 0 Å². The third-order valence-electron chi connectivity index (χ3n) is 2.94. The first kappa shape index (κ1) is 14.4. The maximum absolute atomic E-state index is 10.9. The van der Waals surface area contributed by atoms with E-state index in [1.807, 2.05) is 19.1 Å². The molecular weight excluding hydrogens is 232 g/mol. The largest absolute Gasteiger partial charge is 0.497 e. The Labute approximate surface area is 108 Å². The van der Waals surface area contributed by atoms with Gasteiger partial charge in [-0.15, -0.1) is 0 Å². The van der Waals surface area contributed by atoms with Crippen LogP contribution in [0.25, 0.3) is 0 Å². The molecule has 1 atom stereocenters. The molecule has 0 aliphatic rings. The lowest BCUT2D eigenvalue weighted by Gasteiger charge is -2.18. The average Bonchev–Trinajstić information content (AvgIpc) is 2.37. The van der Waals surface area contributed by atoms with Crippen molar-refractivity contribution in [3.05, 3.63) is 23.8 Å². The normalized spacial score (nSPS) is 11.9. The molecular formula is C14H20O4. The summed E-state index contributed by atoms with van der Waals surface area (Å²) >= 11 is 0. The SMILES string of the molecule is CCCC(CC(=O)O)c1ccc(OC)cc1OC. The van der Waals surface area contributed by atoms with E-state index in [2.05, 4.69) is 0 Å². The van der Waals surface area contributed by atoms with Crippen LogP contribution in [0.3, 0.4) is 0 Å². The van der Waals surface area contributed by atoms with E-state index in [0.717, 1.165) is 18.4 Å². The second-order valence-corrected chi connectivity index (χ2v) is 4.19. The zero-order valence-electron chi connectivity index (χ0n) is 11.1. The van der Waals surface area contributed by atoms with Crippen LogP contribution in [0.15, 0.2) is 18.2 Å². The Morgan fingerprint density at radius 2 is 2.06 bits per heavy atom. The van der Waals surface area contributed by atoms with Crippen LogP contribution in [0.1, 0.15) is 37.7 Å². The molecule has 0 aliphatic carbocycles. The van der Waals surface area contributed by atoms with Crippen molar-refractivity contribution in [1.29, 1.82) is 0 Å². The van der Waals surface area contributed by atoms with Crippen molar-refractivity contribution in [2.45, 2.75) is 32.1 Å². The second-order valence-electron chi connectivity index (χ2n) is 4.19. The highest BCUT2D eigenvalue weighted by Crippen LogP contribution is 2.34. The van der Waals surface area contributed by atoms with Crippen molar-refractivity contribution in [2.75, 3.05) is 14.2 Å². The third-order valence-corrected chi connectivity index (χ3v) is 2.94. The summed E-state index contributed by atoms with van der Waals surface area (Å²) in [6.45, 7) is 2.05. The van der Waals surface area contributed by atoms with Gasteiger partial charge in [-0.25, -0.2) is 0 Å². The molecule has 1 rings (SSSR count). The summed E-state index contributed by atoms with van der Waals surface area (Å²) in [5, 5.41) is 8.97. The molecule has 0 aromatic heterocycles. The second kappa shape index (κ2) is 6.89. The maximum atomic E-state index is 10.9. The van der Waals surface area contributed by atoms with E-state index in [9.17, 15) is 4.79 Å². The molecule has 1 N–H and O–H groups in total. The van der Waals surface area contributed by atoms with Gasteiger partial charge in [0, 0.05) is 6.07 Å². The van der Waals surface area contributed by atoms with Gasteiger partial charge >= 0.3 is 5.97 Å². The van der Waals surface area contributed by atoms with E-state index in [1.165, 1.54) is 0 Å². The van der Waals surface area contributed by atoms with E-state index in [-0.39, 0.29) is 12.3 Å². The first-order valence-electron chi connectivity index (χ1n) is 6.06. The first-order valence-corrected chi connectivity index (χ1v) is 6.06. The molecule has 4 nitrogen and oxygen atoms in total. The van der Waals surface area contributed by atoms with Crippen LogP contribution in [0.4, 0.5) is 0 Å². The predicted octanol–water partition coefficient (Wildman–Crippen LogP) is 3.06. The van der Waals surface area contributed by atoms with Crippen LogP contribution in [0, 0.1) is 0 Å². The number of benzene rings is 1. The van der Waals surface area contributed by atoms with Crippen LogP contribution < -0.4 is 9.47 Å². The lowest BCUT2D eigenvalue weighted by atomic mass is 9.90. The lowest BCUT2D eigenvalue weighted by molar-refractivity contribution is -0.137. The number of carboxylic acids is 1. The van der Waals surface area contributed by atoms with E-state index >= 15 is 0 Å². The van der Waals surface area contributed by atoms with Gasteiger partial charge < -0.3 is 14.6 Å². The zero-order valence-corrected chi connectivity index (χ0v) is 11.1. The fourth-order valence-corrected chi connectivity index (χ4v) is 2.08. The van der Waals surface area contributed by atoms with E-state index in [0.29, 0.717) is 11.5 Å². The number of hydrogen-bond donors (Lipinski definition) is 1. The first-order chi connectivity index (χ1) is 8.62. The molecule has 0 amide bonds. The molecule has 100 valence electrons. The Bertz CT molecular complexity index is 401. The van der Waals surface area contributed by atoms with Crippen LogP contribution in [0.2, 0.25) is 0 Å². The van der Waals surface area contributed by atoms with Gasteiger partial charge in [0.25, 0.3) is 0 Å². The monoisotopic (exact) mass is 252 g/mol. The number of rotatable bonds is 7. The molecule has 0 fully saturated rings. The highest BCUT2D eigenvalue weighted by Gasteiger charge is 2.19. The van der Waals surface area contributed by atoms with Gasteiger partial charge in [0.15, 0.2) is 0 Å². The highest BCUT2D eigenvalue weighted by molar-refractivity contribution is 5.68. The van der Waals surface area contributed by atoms with Gasteiger partial charge in [-0.3, -0.25) is 4.79 Å². The van der Waals surface area contributed by atoms with Crippen molar-refractivity contribution in [1.82, 2.24) is 0 Å². The van der Waals surface area contributed by atoms with Crippen LogP contribution in [-0.2, 0) is 4.79 Å². The van der Waals surface area contributed by atoms with E-state index in [4.69, 9.17) is 14.6 Å². The van der Waals surface area contributed by atoms with Gasteiger partial charge in [-0.1, -0.05) is 19.4 Å². The number of aliphatic carboxylic acids is 1. The minimum atomic E-state index is -0.786. The fraction of sp³-hybridized carbons (Fsp3) is 0.500. The van der Waals surface area contributed by atoms with E-state index in [1.54, 1.807) is 20.3 Å². The van der Waals surface area contributed by atoms with Gasteiger partial charge in [-0.05, 0) is 24.0 Å². The Kier molecular flexibility index (Phi) is 5.49. The summed E-state index contributed by atoms with van der Waals surface area (Å²) in [4.78, 5) is 10.9. The zero-order chi connectivity index (χ0) is 13.5. The number of carboxylic acid groups (broad SMARTS) is 1.